The molecule has 0 spiro atoms. The zero-order valence-electron chi connectivity index (χ0n) is 13.8. The highest BCUT2D eigenvalue weighted by Gasteiger charge is 2.37. The third kappa shape index (κ3) is 3.15. The third-order valence-electron chi connectivity index (χ3n) is 3.99. The van der Waals surface area contributed by atoms with Gasteiger partial charge in [0.15, 0.2) is 0 Å². The molecule has 3 rings (SSSR count). The molecule has 1 heterocycles. The molecule has 0 unspecified atom stereocenters. The summed E-state index contributed by atoms with van der Waals surface area (Å²) in [6, 6.07) is 11.2. The molecule has 2 aromatic carbocycles. The van der Waals surface area contributed by atoms with Crippen molar-refractivity contribution in [1.82, 2.24) is 4.90 Å². The summed E-state index contributed by atoms with van der Waals surface area (Å²) in [6.45, 7) is 3.56. The number of nitrogens with zero attached hydrogens (tertiary/aromatic N) is 1. The number of ether oxygens (including phenoxy) is 1. The number of amides is 2. The highest BCUT2D eigenvalue weighted by Crippen LogP contribution is 2.26. The Morgan fingerprint density at radius 2 is 1.76 bits per heavy atom. The molecule has 0 aliphatic carbocycles. The largest absolute Gasteiger partial charge is 0.457 e. The fraction of sp³-hybridized carbons (Fsp3) is 0.211. The SMILES string of the molecule is CC(C)N1C(=O)c2ccc(C(=O)OCc3ccccc3Cl)cc2C1=O. The molecule has 0 bridgehead atoms. The van der Waals surface area contributed by atoms with Crippen LogP contribution in [0, 0.1) is 0 Å². The summed E-state index contributed by atoms with van der Waals surface area (Å²) in [7, 11) is 0. The predicted octanol–water partition coefficient (Wildman–Crippen LogP) is 3.70. The van der Waals surface area contributed by atoms with Gasteiger partial charge in [0, 0.05) is 16.6 Å². The summed E-state index contributed by atoms with van der Waals surface area (Å²) in [5.74, 6) is -1.31. The van der Waals surface area contributed by atoms with Gasteiger partial charge in [0.2, 0.25) is 0 Å². The first kappa shape index (κ1) is 17.2. The van der Waals surface area contributed by atoms with Crippen LogP contribution in [0.4, 0.5) is 0 Å². The Morgan fingerprint density at radius 1 is 1.08 bits per heavy atom. The first-order valence-electron chi connectivity index (χ1n) is 7.82. The molecule has 6 heteroatoms. The predicted molar refractivity (Wildman–Crippen MR) is 92.6 cm³/mol. The van der Waals surface area contributed by atoms with E-state index < -0.39 is 11.9 Å². The number of carbonyl (C=O) groups is 3. The topological polar surface area (TPSA) is 63.7 Å². The van der Waals surface area contributed by atoms with Crippen molar-refractivity contribution in [2.75, 3.05) is 0 Å². The Labute approximate surface area is 150 Å². The molecule has 0 N–H and O–H groups in total. The minimum Gasteiger partial charge on any atom is -0.457 e. The van der Waals surface area contributed by atoms with Gasteiger partial charge >= 0.3 is 5.97 Å². The Hall–Kier alpha value is -2.66. The summed E-state index contributed by atoms with van der Waals surface area (Å²) in [6.07, 6.45) is 0. The van der Waals surface area contributed by atoms with Crippen molar-refractivity contribution in [2.24, 2.45) is 0 Å². The van der Waals surface area contributed by atoms with Gasteiger partial charge in [-0.2, -0.15) is 0 Å². The van der Waals surface area contributed by atoms with Crippen molar-refractivity contribution in [3.63, 3.8) is 0 Å². The van der Waals surface area contributed by atoms with Gasteiger partial charge in [-0.15, -0.1) is 0 Å². The summed E-state index contributed by atoms with van der Waals surface area (Å²) in [4.78, 5) is 38.1. The zero-order chi connectivity index (χ0) is 18.1. The molecule has 128 valence electrons. The Kier molecular flexibility index (Phi) is 4.59. The minimum atomic E-state index is -0.578. The first-order valence-corrected chi connectivity index (χ1v) is 8.20. The number of imide groups is 1. The Bertz CT molecular complexity index is 875. The molecule has 0 saturated heterocycles. The normalized spacial score (nSPS) is 13.4. The van der Waals surface area contributed by atoms with Gasteiger partial charge < -0.3 is 4.74 Å². The van der Waals surface area contributed by atoms with Gasteiger partial charge in [0.1, 0.15) is 6.61 Å². The highest BCUT2D eigenvalue weighted by molar-refractivity contribution is 6.31. The second kappa shape index (κ2) is 6.69. The van der Waals surface area contributed by atoms with E-state index in [0.717, 1.165) is 0 Å². The molecule has 5 nitrogen and oxygen atoms in total. The molecule has 1 aliphatic rings. The van der Waals surface area contributed by atoms with Crippen LogP contribution in [0.15, 0.2) is 42.5 Å². The van der Waals surface area contributed by atoms with E-state index in [0.29, 0.717) is 16.1 Å². The maximum atomic E-state index is 12.4. The number of benzene rings is 2. The first-order chi connectivity index (χ1) is 11.9. The molecule has 0 radical (unpaired) electrons. The smallest absolute Gasteiger partial charge is 0.338 e. The standard InChI is InChI=1S/C19H16ClNO4/c1-11(2)21-17(22)14-8-7-12(9-15(14)18(21)23)19(24)25-10-13-5-3-4-6-16(13)20/h3-9,11H,10H2,1-2H3. The number of hydrogen-bond donors (Lipinski definition) is 0. The van der Waals surface area contributed by atoms with Crippen LogP contribution in [-0.4, -0.2) is 28.7 Å². The molecule has 25 heavy (non-hydrogen) atoms. The van der Waals surface area contributed by atoms with Crippen LogP contribution in [0.2, 0.25) is 5.02 Å². The summed E-state index contributed by atoms with van der Waals surface area (Å²) < 4.78 is 5.26. The van der Waals surface area contributed by atoms with Crippen LogP contribution in [0.5, 0.6) is 0 Å². The van der Waals surface area contributed by atoms with Crippen LogP contribution in [0.3, 0.4) is 0 Å². The van der Waals surface area contributed by atoms with Crippen molar-refractivity contribution in [3.05, 3.63) is 69.7 Å². The van der Waals surface area contributed by atoms with E-state index in [2.05, 4.69) is 0 Å². The number of fused-ring (bicyclic) bond motifs is 1. The van der Waals surface area contributed by atoms with Gasteiger partial charge in [-0.3, -0.25) is 14.5 Å². The van der Waals surface area contributed by atoms with E-state index in [9.17, 15) is 14.4 Å². The van der Waals surface area contributed by atoms with E-state index in [4.69, 9.17) is 16.3 Å². The number of carbonyl (C=O) groups excluding carboxylic acids is 3. The molecule has 0 atom stereocenters. The number of hydrogen-bond acceptors (Lipinski definition) is 4. The highest BCUT2D eigenvalue weighted by atomic mass is 35.5. The Balaban J connectivity index is 1.79. The lowest BCUT2D eigenvalue weighted by Gasteiger charge is -2.17. The van der Waals surface area contributed by atoms with E-state index >= 15 is 0 Å². The monoisotopic (exact) mass is 357 g/mol. The quantitative estimate of drug-likeness (QED) is 0.618. The van der Waals surface area contributed by atoms with E-state index in [1.54, 1.807) is 38.1 Å². The van der Waals surface area contributed by atoms with Gasteiger partial charge in [-0.1, -0.05) is 29.8 Å². The molecule has 0 saturated carbocycles. The number of halogens is 1. The van der Waals surface area contributed by atoms with E-state index in [1.165, 1.54) is 23.1 Å². The number of esters is 1. The third-order valence-corrected chi connectivity index (χ3v) is 4.36. The van der Waals surface area contributed by atoms with Gasteiger partial charge in [-0.25, -0.2) is 4.79 Å². The average Bonchev–Trinajstić information content (AvgIpc) is 2.84. The molecule has 0 fully saturated rings. The van der Waals surface area contributed by atoms with Crippen molar-refractivity contribution < 1.29 is 19.1 Å². The van der Waals surface area contributed by atoms with E-state index in [-0.39, 0.29) is 29.7 Å². The molecular weight excluding hydrogens is 342 g/mol. The van der Waals surface area contributed by atoms with Gasteiger partial charge in [-0.05, 0) is 38.1 Å². The Morgan fingerprint density at radius 3 is 2.44 bits per heavy atom. The summed E-state index contributed by atoms with van der Waals surface area (Å²) in [5.41, 5.74) is 1.45. The van der Waals surface area contributed by atoms with Crippen molar-refractivity contribution in [3.8, 4) is 0 Å². The van der Waals surface area contributed by atoms with E-state index in [1.807, 2.05) is 0 Å². The van der Waals surface area contributed by atoms with Crippen LogP contribution in [-0.2, 0) is 11.3 Å². The second-order valence-corrected chi connectivity index (χ2v) is 6.41. The van der Waals surface area contributed by atoms with Crippen molar-refractivity contribution in [2.45, 2.75) is 26.5 Å². The molecule has 0 aromatic heterocycles. The molecular formula is C19H16ClNO4. The lowest BCUT2D eigenvalue weighted by Crippen LogP contribution is -2.35. The summed E-state index contributed by atoms with van der Waals surface area (Å²) >= 11 is 6.03. The van der Waals surface area contributed by atoms with Crippen LogP contribution in [0.25, 0.3) is 0 Å². The van der Waals surface area contributed by atoms with Crippen molar-refractivity contribution in [1.29, 1.82) is 0 Å². The van der Waals surface area contributed by atoms with Crippen molar-refractivity contribution >= 4 is 29.4 Å². The fourth-order valence-electron chi connectivity index (χ4n) is 2.70. The van der Waals surface area contributed by atoms with Crippen LogP contribution >= 0.6 is 11.6 Å². The van der Waals surface area contributed by atoms with Crippen LogP contribution in [0.1, 0.15) is 50.5 Å². The maximum absolute atomic E-state index is 12.4. The second-order valence-electron chi connectivity index (χ2n) is 6.00. The summed E-state index contributed by atoms with van der Waals surface area (Å²) in [5, 5.41) is 0.512. The molecule has 1 aliphatic heterocycles. The lowest BCUT2D eigenvalue weighted by molar-refractivity contribution is 0.0472. The lowest BCUT2D eigenvalue weighted by atomic mass is 10.1. The molecule has 2 aromatic rings. The minimum absolute atomic E-state index is 0.0284. The maximum Gasteiger partial charge on any atom is 0.338 e. The number of rotatable bonds is 4. The molecule has 2 amide bonds. The van der Waals surface area contributed by atoms with Crippen LogP contribution < -0.4 is 0 Å². The van der Waals surface area contributed by atoms with Gasteiger partial charge in [0.25, 0.3) is 11.8 Å². The van der Waals surface area contributed by atoms with Gasteiger partial charge in [0.05, 0.1) is 16.7 Å². The fourth-order valence-corrected chi connectivity index (χ4v) is 2.89. The zero-order valence-corrected chi connectivity index (χ0v) is 14.5. The average molecular weight is 358 g/mol.